The molecule has 0 bridgehead atoms. The third-order valence-corrected chi connectivity index (χ3v) is 5.37. The number of nitrogens with zero attached hydrogens (tertiary/aromatic N) is 2. The Kier molecular flexibility index (Phi) is 7.46. The zero-order valence-electron chi connectivity index (χ0n) is 16.8. The molecule has 158 valence electrons. The third kappa shape index (κ3) is 5.38. The Hall–Kier alpha value is -2.87. The maximum atomic E-state index is 12.9. The summed E-state index contributed by atoms with van der Waals surface area (Å²) in [6.07, 6.45) is 4.49. The predicted octanol–water partition coefficient (Wildman–Crippen LogP) is 3.91. The number of piperidine rings is 1. The zero-order valence-corrected chi connectivity index (χ0v) is 18.4. The molecule has 30 heavy (non-hydrogen) atoms. The van der Waals surface area contributed by atoms with Crippen LogP contribution in [0.25, 0.3) is 0 Å². The molecule has 8 heteroatoms. The van der Waals surface area contributed by atoms with Crippen LogP contribution in [0.5, 0.6) is 11.5 Å². The number of carbonyl (C=O) groups is 2. The first-order chi connectivity index (χ1) is 14.5. The Morgan fingerprint density at radius 2 is 2.03 bits per heavy atom. The molecule has 7 nitrogen and oxygen atoms in total. The van der Waals surface area contributed by atoms with Gasteiger partial charge in [0.15, 0.2) is 11.5 Å². The molecule has 0 saturated carbocycles. The van der Waals surface area contributed by atoms with Crippen LogP contribution in [0.15, 0.2) is 53.7 Å². The standard InChI is InChI=1S/C22H24BrN3O4/c1-3-12-30-18-6-4-16(13-19(18)29-2)22(28)26-10-8-15(9-11-26)21(27)25-20-7-5-17(23)14-24-20/h3-7,13-15H,1,8-12H2,2H3,(H,24,25,27). The molecule has 1 saturated heterocycles. The van der Waals surface area contributed by atoms with Gasteiger partial charge in [-0.2, -0.15) is 0 Å². The molecule has 1 fully saturated rings. The summed E-state index contributed by atoms with van der Waals surface area (Å²) >= 11 is 3.32. The number of likely N-dealkylation sites (tertiary alicyclic amines) is 1. The number of pyridine rings is 1. The molecule has 0 aliphatic carbocycles. The highest BCUT2D eigenvalue weighted by Gasteiger charge is 2.28. The maximum Gasteiger partial charge on any atom is 0.253 e. The van der Waals surface area contributed by atoms with Crippen LogP contribution < -0.4 is 14.8 Å². The second kappa shape index (κ2) is 10.2. The van der Waals surface area contributed by atoms with Crippen molar-refractivity contribution in [1.29, 1.82) is 0 Å². The van der Waals surface area contributed by atoms with Crippen LogP contribution in [0.4, 0.5) is 5.82 Å². The van der Waals surface area contributed by atoms with Crippen LogP contribution in [0.1, 0.15) is 23.2 Å². The molecule has 0 atom stereocenters. The summed E-state index contributed by atoms with van der Waals surface area (Å²) in [5.41, 5.74) is 0.528. The van der Waals surface area contributed by atoms with Crippen molar-refractivity contribution in [3.63, 3.8) is 0 Å². The van der Waals surface area contributed by atoms with E-state index in [1.807, 2.05) is 6.07 Å². The molecule has 1 aromatic carbocycles. The van der Waals surface area contributed by atoms with Gasteiger partial charge in [-0.3, -0.25) is 9.59 Å². The molecular weight excluding hydrogens is 450 g/mol. The summed E-state index contributed by atoms with van der Waals surface area (Å²) in [7, 11) is 1.54. The smallest absolute Gasteiger partial charge is 0.253 e. The van der Waals surface area contributed by atoms with Gasteiger partial charge in [-0.05, 0) is 59.1 Å². The van der Waals surface area contributed by atoms with Crippen molar-refractivity contribution < 1.29 is 19.1 Å². The summed E-state index contributed by atoms with van der Waals surface area (Å²) in [6.45, 7) is 5.01. The van der Waals surface area contributed by atoms with Crippen molar-refractivity contribution in [3.8, 4) is 11.5 Å². The second-order valence-corrected chi connectivity index (χ2v) is 7.80. The van der Waals surface area contributed by atoms with Crippen molar-refractivity contribution in [2.75, 3.05) is 32.1 Å². The van der Waals surface area contributed by atoms with Crippen molar-refractivity contribution in [2.24, 2.45) is 5.92 Å². The van der Waals surface area contributed by atoms with E-state index in [1.165, 1.54) is 7.11 Å². The number of hydrogen-bond donors (Lipinski definition) is 1. The van der Waals surface area contributed by atoms with Gasteiger partial charge in [0.05, 0.1) is 7.11 Å². The van der Waals surface area contributed by atoms with E-state index in [0.717, 1.165) is 4.47 Å². The number of anilines is 1. The van der Waals surface area contributed by atoms with E-state index in [4.69, 9.17) is 9.47 Å². The minimum atomic E-state index is -0.149. The van der Waals surface area contributed by atoms with Crippen LogP contribution in [0.2, 0.25) is 0 Å². The molecule has 1 aromatic heterocycles. The summed E-state index contributed by atoms with van der Waals surface area (Å²) < 4.78 is 11.7. The number of halogens is 1. The van der Waals surface area contributed by atoms with Gasteiger partial charge in [-0.1, -0.05) is 12.7 Å². The highest BCUT2D eigenvalue weighted by molar-refractivity contribution is 9.10. The number of rotatable bonds is 7. The fourth-order valence-electron chi connectivity index (χ4n) is 3.27. The Balaban J connectivity index is 1.57. The summed E-state index contributed by atoms with van der Waals surface area (Å²) in [4.78, 5) is 31.3. The van der Waals surface area contributed by atoms with Crippen LogP contribution in [-0.4, -0.2) is 48.5 Å². The molecule has 3 rings (SSSR count). The maximum absolute atomic E-state index is 12.9. The molecule has 2 amide bonds. The number of amides is 2. The lowest BCUT2D eigenvalue weighted by Crippen LogP contribution is -2.41. The first kappa shape index (κ1) is 21.8. The van der Waals surface area contributed by atoms with Gasteiger partial charge in [-0.15, -0.1) is 0 Å². The minimum Gasteiger partial charge on any atom is -0.493 e. The number of hydrogen-bond acceptors (Lipinski definition) is 5. The lowest BCUT2D eigenvalue weighted by atomic mass is 9.95. The van der Waals surface area contributed by atoms with E-state index >= 15 is 0 Å². The Bertz CT molecular complexity index is 909. The molecular formula is C22H24BrN3O4. The monoisotopic (exact) mass is 473 g/mol. The van der Waals surface area contributed by atoms with E-state index in [0.29, 0.717) is 55.4 Å². The van der Waals surface area contributed by atoms with Crippen molar-refractivity contribution in [3.05, 3.63) is 59.2 Å². The van der Waals surface area contributed by atoms with Crippen molar-refractivity contribution >= 4 is 33.6 Å². The van der Waals surface area contributed by atoms with Gasteiger partial charge in [-0.25, -0.2) is 4.98 Å². The lowest BCUT2D eigenvalue weighted by Gasteiger charge is -2.31. The first-order valence-corrected chi connectivity index (χ1v) is 10.4. The third-order valence-electron chi connectivity index (χ3n) is 4.90. The van der Waals surface area contributed by atoms with Crippen LogP contribution >= 0.6 is 15.9 Å². The summed E-state index contributed by atoms with van der Waals surface area (Å²) in [6, 6.07) is 8.70. The van der Waals surface area contributed by atoms with Crippen LogP contribution in [0, 0.1) is 5.92 Å². The molecule has 2 aromatic rings. The SMILES string of the molecule is C=CCOc1ccc(C(=O)N2CCC(C(=O)Nc3ccc(Br)cn3)CC2)cc1OC. The second-order valence-electron chi connectivity index (χ2n) is 6.88. The average Bonchev–Trinajstić information content (AvgIpc) is 2.78. The highest BCUT2D eigenvalue weighted by Crippen LogP contribution is 2.29. The number of benzene rings is 1. The van der Waals surface area contributed by atoms with E-state index in [1.54, 1.807) is 41.4 Å². The Morgan fingerprint density at radius 3 is 2.67 bits per heavy atom. The van der Waals surface area contributed by atoms with Crippen molar-refractivity contribution in [1.82, 2.24) is 9.88 Å². The van der Waals surface area contributed by atoms with Gasteiger partial charge < -0.3 is 19.7 Å². The molecule has 1 aliphatic rings. The predicted molar refractivity (Wildman–Crippen MR) is 118 cm³/mol. The van der Waals surface area contributed by atoms with Gasteiger partial charge in [0.2, 0.25) is 5.91 Å². The van der Waals surface area contributed by atoms with E-state index in [2.05, 4.69) is 32.8 Å². The molecule has 0 spiro atoms. The van der Waals surface area contributed by atoms with E-state index in [9.17, 15) is 9.59 Å². The summed E-state index contributed by atoms with van der Waals surface area (Å²) in [5, 5.41) is 2.84. The summed E-state index contributed by atoms with van der Waals surface area (Å²) in [5.74, 6) is 1.28. The Labute approximate surface area is 184 Å². The van der Waals surface area contributed by atoms with Gasteiger partial charge in [0, 0.05) is 35.2 Å². The fraction of sp³-hybridized carbons (Fsp3) is 0.318. The molecule has 1 N–H and O–H groups in total. The number of aromatic nitrogens is 1. The molecule has 2 heterocycles. The number of methoxy groups -OCH3 is 1. The zero-order chi connectivity index (χ0) is 21.5. The minimum absolute atomic E-state index is 0.0673. The highest BCUT2D eigenvalue weighted by atomic mass is 79.9. The number of carbonyl (C=O) groups excluding carboxylic acids is 2. The Morgan fingerprint density at radius 1 is 1.27 bits per heavy atom. The lowest BCUT2D eigenvalue weighted by molar-refractivity contribution is -0.121. The molecule has 0 radical (unpaired) electrons. The van der Waals surface area contributed by atoms with E-state index in [-0.39, 0.29) is 17.7 Å². The van der Waals surface area contributed by atoms with Crippen molar-refractivity contribution in [2.45, 2.75) is 12.8 Å². The number of nitrogens with one attached hydrogen (secondary N) is 1. The fourth-order valence-corrected chi connectivity index (χ4v) is 3.51. The topological polar surface area (TPSA) is 80.8 Å². The number of ether oxygens (including phenoxy) is 2. The van der Waals surface area contributed by atoms with Gasteiger partial charge in [0.25, 0.3) is 5.91 Å². The quantitative estimate of drug-likeness (QED) is 0.616. The molecule has 1 aliphatic heterocycles. The van der Waals surface area contributed by atoms with Crippen LogP contribution in [0.3, 0.4) is 0 Å². The van der Waals surface area contributed by atoms with Crippen LogP contribution in [-0.2, 0) is 4.79 Å². The average molecular weight is 474 g/mol. The normalized spacial score (nSPS) is 14.1. The molecule has 0 unspecified atom stereocenters. The van der Waals surface area contributed by atoms with Gasteiger partial charge >= 0.3 is 0 Å². The van der Waals surface area contributed by atoms with E-state index < -0.39 is 0 Å². The van der Waals surface area contributed by atoms with Gasteiger partial charge in [0.1, 0.15) is 12.4 Å². The first-order valence-electron chi connectivity index (χ1n) is 9.65. The largest absolute Gasteiger partial charge is 0.493 e.